The molecule has 1 aliphatic rings. The molecule has 3 aromatic carbocycles. The highest BCUT2D eigenvalue weighted by Gasteiger charge is 2.23. The fraction of sp³-hybridized carbons (Fsp3) is 0.344. The summed E-state index contributed by atoms with van der Waals surface area (Å²) in [4.78, 5) is 44.1. The smallest absolute Gasteiger partial charge is 0.335 e. The summed E-state index contributed by atoms with van der Waals surface area (Å²) in [5.41, 5.74) is 6.54. The van der Waals surface area contributed by atoms with Gasteiger partial charge >= 0.3 is 12.0 Å². The lowest BCUT2D eigenvalue weighted by Crippen LogP contribution is -2.32. The largest absolute Gasteiger partial charge is 0.340 e. The van der Waals surface area contributed by atoms with Crippen molar-refractivity contribution in [2.45, 2.75) is 65.7 Å². The van der Waals surface area contributed by atoms with E-state index >= 15 is 0 Å². The van der Waals surface area contributed by atoms with Crippen molar-refractivity contribution in [1.29, 1.82) is 0 Å². The number of amides is 3. The molecule has 0 atom stereocenters. The van der Waals surface area contributed by atoms with E-state index < -0.39 is 29.5 Å². The van der Waals surface area contributed by atoms with Gasteiger partial charge in [0.1, 0.15) is 0 Å². The summed E-state index contributed by atoms with van der Waals surface area (Å²) in [5.74, 6) is -3.52. The molecule has 41 heavy (non-hydrogen) atoms. The lowest BCUT2D eigenvalue weighted by Gasteiger charge is -2.19. The molecule has 216 valence electrons. The van der Waals surface area contributed by atoms with Crippen LogP contribution in [0.25, 0.3) is 11.1 Å². The molecule has 0 spiro atoms. The van der Waals surface area contributed by atoms with Crippen LogP contribution in [0.15, 0.2) is 48.5 Å². The average molecular weight is 564 g/mol. The number of aryl methyl sites for hydroxylation is 3. The zero-order chi connectivity index (χ0) is 29.5. The van der Waals surface area contributed by atoms with E-state index in [1.165, 1.54) is 24.3 Å². The first-order valence-electron chi connectivity index (χ1n) is 13.9. The Labute approximate surface area is 238 Å². The zero-order valence-electron chi connectivity index (χ0n) is 23.5. The number of hydrogen-bond donors (Lipinski definition) is 3. The van der Waals surface area contributed by atoms with E-state index in [9.17, 15) is 23.2 Å². The van der Waals surface area contributed by atoms with Gasteiger partial charge in [0, 0.05) is 5.69 Å². The van der Waals surface area contributed by atoms with Crippen LogP contribution in [0.4, 0.5) is 25.0 Å². The molecule has 0 aromatic heterocycles. The number of nitrogens with one attached hydrogen (secondary N) is 3. The van der Waals surface area contributed by atoms with Crippen molar-refractivity contribution < 1.29 is 28.0 Å². The Morgan fingerprint density at radius 3 is 2.02 bits per heavy atom. The van der Waals surface area contributed by atoms with E-state index in [0.717, 1.165) is 60.9 Å². The van der Waals surface area contributed by atoms with Crippen LogP contribution < -0.4 is 16.1 Å². The molecule has 0 heterocycles. The van der Waals surface area contributed by atoms with Crippen LogP contribution in [0.5, 0.6) is 0 Å². The third kappa shape index (κ3) is 7.68. The number of rotatable bonds is 5. The number of hydrogen-bond acceptors (Lipinski definition) is 4. The molecule has 3 N–H and O–H groups in total. The fourth-order valence-electron chi connectivity index (χ4n) is 5.27. The second kappa shape index (κ2) is 13.4. The molecule has 3 aromatic rings. The maximum Gasteiger partial charge on any atom is 0.335 e. The number of carbonyl (C=O) groups is 3. The standard InChI is InChI=1S/C32H35F2N3O4/c1-19-15-20(2)29(21(3)16-19)36-32(40)35-28-18-24(23-12-14-26(33)27(34)17-23)11-13-25(28)30(38)37-41-31(39)22-9-7-5-4-6-8-10-22/h11-18,22H,4-10H2,1-3H3,(H,37,38)(H2,35,36,40). The minimum atomic E-state index is -1.02. The number of urea groups is 1. The molecular formula is C32H35F2N3O4. The van der Waals surface area contributed by atoms with Crippen molar-refractivity contribution in [2.75, 3.05) is 10.6 Å². The Hall–Kier alpha value is -4.27. The number of benzene rings is 3. The molecule has 3 amide bonds. The van der Waals surface area contributed by atoms with E-state index in [-0.39, 0.29) is 17.2 Å². The summed E-state index contributed by atoms with van der Waals surface area (Å²) in [7, 11) is 0. The van der Waals surface area contributed by atoms with Gasteiger partial charge in [-0.3, -0.25) is 4.79 Å². The third-order valence-electron chi connectivity index (χ3n) is 7.36. The second-order valence-electron chi connectivity index (χ2n) is 10.6. The van der Waals surface area contributed by atoms with Crippen molar-refractivity contribution in [2.24, 2.45) is 5.92 Å². The molecule has 1 fully saturated rings. The topological polar surface area (TPSA) is 96.5 Å². The summed E-state index contributed by atoms with van der Waals surface area (Å²) >= 11 is 0. The molecule has 0 saturated heterocycles. The van der Waals surface area contributed by atoms with Gasteiger partial charge in [0.25, 0.3) is 5.91 Å². The van der Waals surface area contributed by atoms with Crippen LogP contribution in [0.1, 0.15) is 72.0 Å². The van der Waals surface area contributed by atoms with Crippen LogP contribution in [-0.4, -0.2) is 17.9 Å². The highest BCUT2D eigenvalue weighted by molar-refractivity contribution is 6.07. The Balaban J connectivity index is 1.57. The van der Waals surface area contributed by atoms with Gasteiger partial charge in [-0.05, 0) is 80.1 Å². The maximum absolute atomic E-state index is 13.9. The van der Waals surface area contributed by atoms with Crippen LogP contribution in [0, 0.1) is 38.3 Å². The molecule has 4 rings (SSSR count). The average Bonchev–Trinajstić information content (AvgIpc) is 2.90. The first-order chi connectivity index (χ1) is 19.6. The zero-order valence-corrected chi connectivity index (χ0v) is 23.5. The highest BCUT2D eigenvalue weighted by Crippen LogP contribution is 2.29. The third-order valence-corrected chi connectivity index (χ3v) is 7.36. The van der Waals surface area contributed by atoms with Gasteiger partial charge in [-0.1, -0.05) is 61.9 Å². The normalized spacial score (nSPS) is 14.0. The number of halogens is 2. The summed E-state index contributed by atoms with van der Waals surface area (Å²) in [5, 5.41) is 5.52. The number of carbonyl (C=O) groups excluding carboxylic acids is 3. The summed E-state index contributed by atoms with van der Waals surface area (Å²) in [6, 6.07) is 11.1. The van der Waals surface area contributed by atoms with E-state index in [1.807, 2.05) is 32.9 Å². The van der Waals surface area contributed by atoms with E-state index in [0.29, 0.717) is 29.7 Å². The minimum absolute atomic E-state index is 0.0225. The molecular weight excluding hydrogens is 528 g/mol. The predicted molar refractivity (Wildman–Crippen MR) is 154 cm³/mol. The minimum Gasteiger partial charge on any atom is -0.340 e. The van der Waals surface area contributed by atoms with E-state index in [2.05, 4.69) is 16.1 Å². The van der Waals surface area contributed by atoms with Gasteiger partial charge < -0.3 is 15.5 Å². The highest BCUT2D eigenvalue weighted by atomic mass is 19.2. The van der Waals surface area contributed by atoms with Crippen molar-refractivity contribution in [3.8, 4) is 11.1 Å². The summed E-state index contributed by atoms with van der Waals surface area (Å²) < 4.78 is 27.5. The van der Waals surface area contributed by atoms with Crippen LogP contribution in [0.2, 0.25) is 0 Å². The van der Waals surface area contributed by atoms with Crippen LogP contribution in [-0.2, 0) is 9.63 Å². The molecule has 0 unspecified atom stereocenters. The Morgan fingerprint density at radius 2 is 1.37 bits per heavy atom. The molecule has 9 heteroatoms. The Morgan fingerprint density at radius 1 is 0.756 bits per heavy atom. The summed E-state index contributed by atoms with van der Waals surface area (Å²) in [6.07, 6.45) is 6.58. The van der Waals surface area contributed by atoms with Crippen LogP contribution in [0.3, 0.4) is 0 Å². The lowest BCUT2D eigenvalue weighted by atomic mass is 9.91. The van der Waals surface area contributed by atoms with Gasteiger partial charge in [0.2, 0.25) is 0 Å². The lowest BCUT2D eigenvalue weighted by molar-refractivity contribution is -0.154. The number of anilines is 2. The molecule has 0 bridgehead atoms. The first kappa shape index (κ1) is 29.7. The first-order valence-corrected chi connectivity index (χ1v) is 13.9. The van der Waals surface area contributed by atoms with Gasteiger partial charge in [0.05, 0.1) is 17.2 Å². The second-order valence-corrected chi connectivity index (χ2v) is 10.6. The molecule has 0 aliphatic heterocycles. The SMILES string of the molecule is Cc1cc(C)c(NC(=O)Nc2cc(-c3ccc(F)c(F)c3)ccc2C(=O)NOC(=O)C2CCCCCCC2)c(C)c1. The molecule has 7 nitrogen and oxygen atoms in total. The number of hydroxylamine groups is 1. The maximum atomic E-state index is 13.9. The Kier molecular flexibility index (Phi) is 9.70. The van der Waals surface area contributed by atoms with Gasteiger partial charge in [0.15, 0.2) is 11.6 Å². The van der Waals surface area contributed by atoms with Crippen molar-refractivity contribution >= 4 is 29.3 Å². The van der Waals surface area contributed by atoms with Gasteiger partial charge in [-0.2, -0.15) is 5.48 Å². The van der Waals surface area contributed by atoms with E-state index in [4.69, 9.17) is 4.84 Å². The van der Waals surface area contributed by atoms with Crippen molar-refractivity contribution in [1.82, 2.24) is 5.48 Å². The Bertz CT molecular complexity index is 1430. The van der Waals surface area contributed by atoms with Crippen LogP contribution >= 0.6 is 0 Å². The monoisotopic (exact) mass is 563 g/mol. The molecule has 1 aliphatic carbocycles. The summed E-state index contributed by atoms with van der Waals surface area (Å²) in [6.45, 7) is 5.72. The fourth-order valence-corrected chi connectivity index (χ4v) is 5.27. The quantitative estimate of drug-likeness (QED) is 0.277. The van der Waals surface area contributed by atoms with Crippen molar-refractivity contribution in [3.05, 3.63) is 82.4 Å². The molecule has 0 radical (unpaired) electrons. The van der Waals surface area contributed by atoms with Crippen molar-refractivity contribution in [3.63, 3.8) is 0 Å². The predicted octanol–water partition coefficient (Wildman–Crippen LogP) is 7.75. The van der Waals surface area contributed by atoms with Gasteiger partial charge in [-0.15, -0.1) is 0 Å². The van der Waals surface area contributed by atoms with E-state index in [1.54, 1.807) is 0 Å². The van der Waals surface area contributed by atoms with Gasteiger partial charge in [-0.25, -0.2) is 18.4 Å². The molecule has 1 saturated carbocycles.